The molecule has 118 valence electrons. The number of rotatable bonds is 4. The molecular weight excluding hydrogens is 279 g/mol. The number of ether oxygens (including phenoxy) is 1. The van der Waals surface area contributed by atoms with E-state index in [2.05, 4.69) is 10.1 Å². The molecule has 0 aliphatic heterocycles. The number of alkyl halides is 3. The molecule has 2 unspecified atom stereocenters. The first-order valence-corrected chi connectivity index (χ1v) is 7.59. The summed E-state index contributed by atoms with van der Waals surface area (Å²) in [5.74, 6) is 0.0193. The van der Waals surface area contributed by atoms with Gasteiger partial charge in [0.05, 0.1) is 0 Å². The highest BCUT2D eigenvalue weighted by atomic mass is 19.4. The second-order valence-electron chi connectivity index (χ2n) is 5.49. The van der Waals surface area contributed by atoms with Crippen LogP contribution in [0.25, 0.3) is 0 Å². The molecule has 0 spiro atoms. The molecule has 0 amide bonds. The zero-order valence-corrected chi connectivity index (χ0v) is 12.2. The summed E-state index contributed by atoms with van der Waals surface area (Å²) in [4.78, 5) is 0. The lowest BCUT2D eigenvalue weighted by atomic mass is 9.87. The number of halogens is 3. The highest BCUT2D eigenvalue weighted by Crippen LogP contribution is 2.38. The zero-order valence-electron chi connectivity index (χ0n) is 12.2. The van der Waals surface area contributed by atoms with Gasteiger partial charge in [0.25, 0.3) is 0 Å². The molecule has 5 heteroatoms. The van der Waals surface area contributed by atoms with Crippen LogP contribution in [0, 0.1) is 0 Å². The van der Waals surface area contributed by atoms with Crippen LogP contribution in [-0.4, -0.2) is 18.9 Å². The Morgan fingerprint density at radius 1 is 1.14 bits per heavy atom. The molecule has 1 aliphatic carbocycles. The summed E-state index contributed by atoms with van der Waals surface area (Å²) in [7, 11) is 0. The number of likely N-dealkylation sites (N-methyl/N-ethyl adjacent to an activating group) is 1. The predicted octanol–water partition coefficient (Wildman–Crippen LogP) is 4.61. The Bertz CT molecular complexity index is 447. The average molecular weight is 301 g/mol. The molecular formula is C16H22F3NO. The molecule has 0 heterocycles. The molecule has 1 aliphatic rings. The van der Waals surface area contributed by atoms with E-state index < -0.39 is 6.36 Å². The normalized spacial score (nSPS) is 23.6. The van der Waals surface area contributed by atoms with E-state index in [-0.39, 0.29) is 17.7 Å². The molecule has 1 aromatic rings. The molecule has 1 fully saturated rings. The van der Waals surface area contributed by atoms with Crippen molar-refractivity contribution in [1.29, 1.82) is 0 Å². The molecule has 1 aromatic carbocycles. The maximum Gasteiger partial charge on any atom is 0.573 e. The lowest BCUT2D eigenvalue weighted by Gasteiger charge is -2.28. The van der Waals surface area contributed by atoms with Crippen molar-refractivity contribution < 1.29 is 17.9 Å². The third kappa shape index (κ3) is 4.63. The van der Waals surface area contributed by atoms with E-state index in [4.69, 9.17) is 0 Å². The molecule has 2 nitrogen and oxygen atoms in total. The molecule has 0 radical (unpaired) electrons. The first-order valence-electron chi connectivity index (χ1n) is 7.59. The predicted molar refractivity (Wildman–Crippen MR) is 76.4 cm³/mol. The van der Waals surface area contributed by atoms with E-state index in [0.717, 1.165) is 38.6 Å². The van der Waals surface area contributed by atoms with Gasteiger partial charge in [0.15, 0.2) is 0 Å². The number of para-hydroxylation sites is 1. The van der Waals surface area contributed by atoms with Crippen molar-refractivity contribution in [2.75, 3.05) is 6.54 Å². The Hall–Kier alpha value is -1.23. The van der Waals surface area contributed by atoms with Crippen molar-refractivity contribution >= 4 is 0 Å². The zero-order chi connectivity index (χ0) is 15.3. The van der Waals surface area contributed by atoms with Gasteiger partial charge in [-0.05, 0) is 31.0 Å². The van der Waals surface area contributed by atoms with Crippen LogP contribution in [0.4, 0.5) is 13.2 Å². The van der Waals surface area contributed by atoms with Crippen LogP contribution in [0.2, 0.25) is 0 Å². The highest BCUT2D eigenvalue weighted by Gasteiger charge is 2.34. The Labute approximate surface area is 123 Å². The van der Waals surface area contributed by atoms with Crippen LogP contribution in [0.15, 0.2) is 24.3 Å². The van der Waals surface area contributed by atoms with Crippen molar-refractivity contribution in [2.24, 2.45) is 0 Å². The van der Waals surface area contributed by atoms with Crippen LogP contribution in [0.5, 0.6) is 5.75 Å². The molecule has 21 heavy (non-hydrogen) atoms. The summed E-state index contributed by atoms with van der Waals surface area (Å²) in [6.07, 6.45) is 0.563. The number of hydrogen-bond donors (Lipinski definition) is 1. The summed E-state index contributed by atoms with van der Waals surface area (Å²) in [6.45, 7) is 2.85. The summed E-state index contributed by atoms with van der Waals surface area (Å²) in [5.41, 5.74) is 0.669. The Morgan fingerprint density at radius 3 is 2.57 bits per heavy atom. The quantitative estimate of drug-likeness (QED) is 0.820. The maximum atomic E-state index is 12.6. The summed E-state index contributed by atoms with van der Waals surface area (Å²) >= 11 is 0. The van der Waals surface area contributed by atoms with Gasteiger partial charge in [-0.2, -0.15) is 0 Å². The standard InChI is InChI=1S/C16H22F3NO/c1-2-20-14-10-5-3-4-8-12(14)13-9-6-7-11-15(13)21-16(17,18)19/h6-7,9,11-12,14,20H,2-5,8,10H2,1H3. The monoisotopic (exact) mass is 301 g/mol. The van der Waals surface area contributed by atoms with Gasteiger partial charge in [-0.3, -0.25) is 0 Å². The molecule has 2 rings (SSSR count). The van der Waals surface area contributed by atoms with Crippen LogP contribution in [-0.2, 0) is 0 Å². The smallest absolute Gasteiger partial charge is 0.405 e. The minimum atomic E-state index is -4.64. The fourth-order valence-electron chi connectivity index (χ4n) is 3.19. The van der Waals surface area contributed by atoms with E-state index >= 15 is 0 Å². The van der Waals surface area contributed by atoms with E-state index in [1.165, 1.54) is 6.07 Å². The van der Waals surface area contributed by atoms with Crippen molar-refractivity contribution in [1.82, 2.24) is 5.32 Å². The minimum absolute atomic E-state index is 0.0557. The maximum absolute atomic E-state index is 12.6. The van der Waals surface area contributed by atoms with Gasteiger partial charge in [0.1, 0.15) is 5.75 Å². The molecule has 0 aromatic heterocycles. The van der Waals surface area contributed by atoms with Crippen molar-refractivity contribution in [3.63, 3.8) is 0 Å². The molecule has 2 atom stereocenters. The lowest BCUT2D eigenvalue weighted by Crippen LogP contribution is -2.34. The summed E-state index contributed by atoms with van der Waals surface area (Å²) in [5, 5.41) is 3.43. The van der Waals surface area contributed by atoms with E-state index in [1.54, 1.807) is 18.2 Å². The topological polar surface area (TPSA) is 21.3 Å². The second-order valence-corrected chi connectivity index (χ2v) is 5.49. The van der Waals surface area contributed by atoms with Crippen molar-refractivity contribution in [2.45, 2.75) is 57.3 Å². The van der Waals surface area contributed by atoms with Crippen LogP contribution in [0.3, 0.4) is 0 Å². The van der Waals surface area contributed by atoms with Crippen LogP contribution < -0.4 is 10.1 Å². The molecule has 0 bridgehead atoms. The highest BCUT2D eigenvalue weighted by molar-refractivity contribution is 5.37. The van der Waals surface area contributed by atoms with Gasteiger partial charge < -0.3 is 10.1 Å². The fourth-order valence-corrected chi connectivity index (χ4v) is 3.19. The van der Waals surface area contributed by atoms with Gasteiger partial charge in [0, 0.05) is 12.0 Å². The lowest BCUT2D eigenvalue weighted by molar-refractivity contribution is -0.275. The third-order valence-electron chi connectivity index (χ3n) is 4.03. The minimum Gasteiger partial charge on any atom is -0.405 e. The molecule has 1 N–H and O–H groups in total. The molecule has 1 saturated carbocycles. The van der Waals surface area contributed by atoms with Gasteiger partial charge in [0.2, 0.25) is 0 Å². The second kappa shape index (κ2) is 7.16. The first-order chi connectivity index (χ1) is 10.0. The number of hydrogen-bond acceptors (Lipinski definition) is 2. The van der Waals surface area contributed by atoms with E-state index in [9.17, 15) is 13.2 Å². The van der Waals surface area contributed by atoms with Gasteiger partial charge >= 0.3 is 6.36 Å². The van der Waals surface area contributed by atoms with E-state index in [1.807, 2.05) is 6.92 Å². The summed E-state index contributed by atoms with van der Waals surface area (Å²) in [6, 6.07) is 6.77. The van der Waals surface area contributed by atoms with E-state index in [0.29, 0.717) is 5.56 Å². The molecule has 0 saturated heterocycles. The number of benzene rings is 1. The van der Waals surface area contributed by atoms with Crippen molar-refractivity contribution in [3.05, 3.63) is 29.8 Å². The fraction of sp³-hybridized carbons (Fsp3) is 0.625. The first kappa shape index (κ1) is 16.1. The average Bonchev–Trinajstić information content (AvgIpc) is 2.64. The summed E-state index contributed by atoms with van der Waals surface area (Å²) < 4.78 is 42.0. The third-order valence-corrected chi connectivity index (χ3v) is 4.03. The SMILES string of the molecule is CCNC1CCCCCC1c1ccccc1OC(F)(F)F. The number of nitrogens with one attached hydrogen (secondary N) is 1. The Morgan fingerprint density at radius 2 is 1.86 bits per heavy atom. The van der Waals surface area contributed by atoms with Crippen LogP contribution >= 0.6 is 0 Å². The Balaban J connectivity index is 2.28. The van der Waals surface area contributed by atoms with Gasteiger partial charge in [-0.25, -0.2) is 0 Å². The van der Waals surface area contributed by atoms with Crippen molar-refractivity contribution in [3.8, 4) is 5.75 Å². The van der Waals surface area contributed by atoms with Gasteiger partial charge in [-0.1, -0.05) is 44.4 Å². The largest absolute Gasteiger partial charge is 0.573 e. The van der Waals surface area contributed by atoms with Crippen LogP contribution in [0.1, 0.15) is 50.5 Å². The van der Waals surface area contributed by atoms with Gasteiger partial charge in [-0.15, -0.1) is 13.2 Å². The Kier molecular flexibility index (Phi) is 5.51.